The Kier molecular flexibility index (Phi) is 2.68. The van der Waals surface area contributed by atoms with Crippen LogP contribution in [0.25, 0.3) is 32.9 Å². The van der Waals surface area contributed by atoms with Crippen molar-refractivity contribution in [1.29, 1.82) is 0 Å². The molecule has 2 aromatic heterocycles. The molecule has 0 aliphatic carbocycles. The van der Waals surface area contributed by atoms with Crippen LogP contribution >= 0.6 is 0 Å². The van der Waals surface area contributed by atoms with Crippen LogP contribution in [0.15, 0.2) is 67.0 Å². The first-order chi connectivity index (χ1) is 10.3. The minimum Gasteiger partial charge on any atom is -0.264 e. The van der Waals surface area contributed by atoms with Crippen molar-refractivity contribution in [2.45, 2.75) is 6.92 Å². The Morgan fingerprint density at radius 3 is 2.52 bits per heavy atom. The minimum absolute atomic E-state index is 0.991. The van der Waals surface area contributed by atoms with E-state index < -0.39 is 0 Å². The molecule has 0 saturated carbocycles. The van der Waals surface area contributed by atoms with E-state index in [1.165, 1.54) is 22.1 Å². The molecule has 2 heterocycles. The fourth-order valence-corrected chi connectivity index (χ4v) is 2.87. The highest BCUT2D eigenvalue weighted by atomic mass is 14.7. The molecular weight excluding hydrogens is 256 g/mol. The van der Waals surface area contributed by atoms with Crippen molar-refractivity contribution < 1.29 is 0 Å². The lowest BCUT2D eigenvalue weighted by Crippen LogP contribution is -1.91. The number of fused-ring (bicyclic) bond motifs is 2. The molecule has 4 rings (SSSR count). The van der Waals surface area contributed by atoms with Crippen LogP contribution in [0.1, 0.15) is 5.56 Å². The highest BCUT2D eigenvalue weighted by molar-refractivity contribution is 6.09. The van der Waals surface area contributed by atoms with Crippen molar-refractivity contribution >= 4 is 21.8 Å². The van der Waals surface area contributed by atoms with Crippen molar-refractivity contribution in [3.63, 3.8) is 0 Å². The average molecular weight is 270 g/mol. The summed E-state index contributed by atoms with van der Waals surface area (Å²) in [5.41, 5.74) is 5.67. The number of benzene rings is 2. The van der Waals surface area contributed by atoms with E-state index in [1.807, 2.05) is 18.3 Å². The molecule has 0 N–H and O–H groups in total. The summed E-state index contributed by atoms with van der Waals surface area (Å²) in [6.07, 6.45) is 3.71. The minimum atomic E-state index is 0.991. The number of aryl methyl sites for hydroxylation is 1. The van der Waals surface area contributed by atoms with E-state index in [2.05, 4.69) is 54.4 Å². The molecule has 0 aliphatic heterocycles. The third-order valence-electron chi connectivity index (χ3n) is 3.87. The van der Waals surface area contributed by atoms with Gasteiger partial charge in [-0.05, 0) is 24.1 Å². The Labute approximate surface area is 123 Å². The summed E-state index contributed by atoms with van der Waals surface area (Å²) in [7, 11) is 0. The molecular formula is C19H14N2. The maximum Gasteiger partial charge on any atom is 0.0746 e. The van der Waals surface area contributed by atoms with Crippen molar-refractivity contribution in [3.05, 3.63) is 72.6 Å². The first kappa shape index (κ1) is 12.0. The monoisotopic (exact) mass is 270 g/mol. The lowest BCUT2D eigenvalue weighted by Gasteiger charge is -2.12. The first-order valence-electron chi connectivity index (χ1n) is 7.03. The molecule has 0 bridgehead atoms. The Morgan fingerprint density at radius 1 is 0.810 bits per heavy atom. The highest BCUT2D eigenvalue weighted by Crippen LogP contribution is 2.35. The van der Waals surface area contributed by atoms with Gasteiger partial charge < -0.3 is 0 Å². The van der Waals surface area contributed by atoms with Crippen LogP contribution in [0.4, 0.5) is 0 Å². The number of hydrogen-bond acceptors (Lipinski definition) is 2. The van der Waals surface area contributed by atoms with Gasteiger partial charge >= 0.3 is 0 Å². The van der Waals surface area contributed by atoms with E-state index in [0.717, 1.165) is 16.4 Å². The zero-order chi connectivity index (χ0) is 14.2. The molecule has 0 saturated heterocycles. The quantitative estimate of drug-likeness (QED) is 0.466. The van der Waals surface area contributed by atoms with Crippen LogP contribution in [0.5, 0.6) is 0 Å². The Morgan fingerprint density at radius 2 is 1.67 bits per heavy atom. The number of nitrogens with zero attached hydrogens (tertiary/aromatic N) is 2. The lowest BCUT2D eigenvalue weighted by atomic mass is 9.96. The molecule has 0 atom stereocenters. The standard InChI is InChI=1S/C19H14N2/c1-13-6-5-9-15-18(14-7-3-2-4-8-14)16-12-20-11-10-17(16)21-19(13)15/h2-12H,1H3. The molecule has 4 aromatic rings. The molecule has 0 fully saturated rings. The van der Waals surface area contributed by atoms with E-state index in [1.54, 1.807) is 6.20 Å². The summed E-state index contributed by atoms with van der Waals surface area (Å²) in [5.74, 6) is 0. The second-order valence-corrected chi connectivity index (χ2v) is 5.22. The topological polar surface area (TPSA) is 25.8 Å². The third-order valence-corrected chi connectivity index (χ3v) is 3.87. The van der Waals surface area contributed by atoms with Crippen molar-refractivity contribution in [2.75, 3.05) is 0 Å². The zero-order valence-electron chi connectivity index (χ0n) is 11.7. The van der Waals surface area contributed by atoms with Gasteiger partial charge in [0.05, 0.1) is 11.0 Å². The van der Waals surface area contributed by atoms with Crippen LogP contribution in [0.2, 0.25) is 0 Å². The average Bonchev–Trinajstić information content (AvgIpc) is 2.54. The van der Waals surface area contributed by atoms with Crippen LogP contribution < -0.4 is 0 Å². The van der Waals surface area contributed by atoms with Crippen LogP contribution in [0.3, 0.4) is 0 Å². The number of para-hydroxylation sites is 1. The maximum atomic E-state index is 4.82. The van der Waals surface area contributed by atoms with Gasteiger partial charge in [0, 0.05) is 28.7 Å². The van der Waals surface area contributed by atoms with E-state index in [0.29, 0.717) is 0 Å². The second-order valence-electron chi connectivity index (χ2n) is 5.22. The van der Waals surface area contributed by atoms with Gasteiger partial charge in [-0.25, -0.2) is 4.98 Å². The largest absolute Gasteiger partial charge is 0.264 e. The highest BCUT2D eigenvalue weighted by Gasteiger charge is 2.11. The van der Waals surface area contributed by atoms with Gasteiger partial charge in [0.15, 0.2) is 0 Å². The van der Waals surface area contributed by atoms with Crippen LogP contribution in [-0.4, -0.2) is 9.97 Å². The SMILES string of the molecule is Cc1cccc2c(-c3ccccc3)c3cnccc3nc12. The Balaban J connectivity index is 2.26. The van der Waals surface area contributed by atoms with E-state index >= 15 is 0 Å². The fraction of sp³-hybridized carbons (Fsp3) is 0.0526. The number of aromatic nitrogens is 2. The molecule has 0 radical (unpaired) electrons. The molecule has 2 aromatic carbocycles. The van der Waals surface area contributed by atoms with Gasteiger partial charge in [-0.2, -0.15) is 0 Å². The van der Waals surface area contributed by atoms with Crippen LogP contribution in [-0.2, 0) is 0 Å². The van der Waals surface area contributed by atoms with Gasteiger partial charge in [0.25, 0.3) is 0 Å². The first-order valence-corrected chi connectivity index (χ1v) is 7.03. The van der Waals surface area contributed by atoms with Gasteiger partial charge in [-0.3, -0.25) is 4.98 Å². The van der Waals surface area contributed by atoms with Crippen molar-refractivity contribution in [2.24, 2.45) is 0 Å². The van der Waals surface area contributed by atoms with Crippen LogP contribution in [0, 0.1) is 6.92 Å². The predicted octanol–water partition coefficient (Wildman–Crippen LogP) is 4.76. The number of pyridine rings is 2. The second kappa shape index (κ2) is 4.67. The smallest absolute Gasteiger partial charge is 0.0746 e. The molecule has 100 valence electrons. The van der Waals surface area contributed by atoms with E-state index in [9.17, 15) is 0 Å². The normalized spacial score (nSPS) is 11.1. The Hall–Kier alpha value is -2.74. The summed E-state index contributed by atoms with van der Waals surface area (Å²) in [5, 5.41) is 2.28. The van der Waals surface area contributed by atoms with Crippen molar-refractivity contribution in [1.82, 2.24) is 9.97 Å². The molecule has 0 amide bonds. The van der Waals surface area contributed by atoms with Gasteiger partial charge in [0.1, 0.15) is 0 Å². The number of rotatable bonds is 1. The lowest BCUT2D eigenvalue weighted by molar-refractivity contribution is 1.34. The zero-order valence-corrected chi connectivity index (χ0v) is 11.7. The molecule has 2 nitrogen and oxygen atoms in total. The van der Waals surface area contributed by atoms with Crippen molar-refractivity contribution in [3.8, 4) is 11.1 Å². The molecule has 0 spiro atoms. The molecule has 0 unspecified atom stereocenters. The summed E-state index contributed by atoms with van der Waals surface area (Å²) in [4.78, 5) is 9.11. The molecule has 21 heavy (non-hydrogen) atoms. The van der Waals surface area contributed by atoms with Gasteiger partial charge in [-0.15, -0.1) is 0 Å². The summed E-state index contributed by atoms with van der Waals surface area (Å²) < 4.78 is 0. The fourth-order valence-electron chi connectivity index (χ4n) is 2.87. The van der Waals surface area contributed by atoms with E-state index in [4.69, 9.17) is 4.98 Å². The molecule has 2 heteroatoms. The molecule has 0 aliphatic rings. The Bertz CT molecular complexity index is 943. The predicted molar refractivity (Wildman–Crippen MR) is 87.2 cm³/mol. The van der Waals surface area contributed by atoms with Gasteiger partial charge in [0.2, 0.25) is 0 Å². The third kappa shape index (κ3) is 1.88. The summed E-state index contributed by atoms with van der Waals surface area (Å²) in [6.45, 7) is 2.11. The van der Waals surface area contributed by atoms with E-state index in [-0.39, 0.29) is 0 Å². The maximum absolute atomic E-state index is 4.82. The summed E-state index contributed by atoms with van der Waals surface area (Å²) in [6, 6.07) is 18.8. The summed E-state index contributed by atoms with van der Waals surface area (Å²) >= 11 is 0. The van der Waals surface area contributed by atoms with Gasteiger partial charge in [-0.1, -0.05) is 48.5 Å². The number of hydrogen-bond donors (Lipinski definition) is 0.